The number of ether oxygens (including phenoxy) is 1. The minimum Gasteiger partial charge on any atom is -0.504 e. The highest BCUT2D eigenvalue weighted by Gasteiger charge is 2.13. The Bertz CT molecular complexity index is 1140. The molecular formula is C19H14BrN5O3. The van der Waals surface area contributed by atoms with Gasteiger partial charge in [0.15, 0.2) is 11.5 Å². The molecule has 0 aliphatic heterocycles. The summed E-state index contributed by atoms with van der Waals surface area (Å²) in [5, 5.41) is 23.2. The predicted molar refractivity (Wildman–Crippen MR) is 109 cm³/mol. The van der Waals surface area contributed by atoms with E-state index < -0.39 is 5.56 Å². The van der Waals surface area contributed by atoms with Crippen molar-refractivity contribution in [1.82, 2.24) is 9.97 Å². The van der Waals surface area contributed by atoms with Crippen molar-refractivity contribution < 1.29 is 9.84 Å². The molecule has 140 valence electrons. The van der Waals surface area contributed by atoms with Gasteiger partial charge in [0.25, 0.3) is 5.56 Å². The zero-order chi connectivity index (χ0) is 20.1. The highest BCUT2D eigenvalue weighted by molar-refractivity contribution is 9.10. The number of hydrogen-bond donors (Lipinski definition) is 3. The number of nitrogens with zero attached hydrogens (tertiary/aromatic N) is 3. The van der Waals surface area contributed by atoms with Crippen LogP contribution in [0.1, 0.15) is 11.1 Å². The van der Waals surface area contributed by atoms with Crippen molar-refractivity contribution in [2.45, 2.75) is 0 Å². The number of halogens is 1. The molecule has 0 radical (unpaired) electrons. The fraction of sp³-hybridized carbons (Fsp3) is 0.0526. The van der Waals surface area contributed by atoms with E-state index in [9.17, 15) is 15.2 Å². The number of phenolic OH excluding ortho intramolecular Hbond substituents is 1. The van der Waals surface area contributed by atoms with E-state index in [2.05, 4.69) is 36.4 Å². The molecule has 1 aromatic heterocycles. The number of H-pyrrole nitrogens is 1. The summed E-state index contributed by atoms with van der Waals surface area (Å²) in [6.45, 7) is 0. The molecule has 3 rings (SSSR count). The van der Waals surface area contributed by atoms with Gasteiger partial charge in [-0.1, -0.05) is 30.3 Å². The van der Waals surface area contributed by atoms with Gasteiger partial charge in [0.2, 0.25) is 5.95 Å². The van der Waals surface area contributed by atoms with E-state index in [-0.39, 0.29) is 23.0 Å². The summed E-state index contributed by atoms with van der Waals surface area (Å²) < 4.78 is 5.68. The van der Waals surface area contributed by atoms with E-state index in [1.54, 1.807) is 30.3 Å². The molecule has 3 aromatic rings. The smallest absolute Gasteiger partial charge is 0.270 e. The average molecular weight is 440 g/mol. The lowest BCUT2D eigenvalue weighted by molar-refractivity contribution is 0.373. The number of methoxy groups -OCH3 is 1. The Labute approximate surface area is 168 Å². The van der Waals surface area contributed by atoms with Crippen molar-refractivity contribution in [2.75, 3.05) is 12.5 Å². The zero-order valence-corrected chi connectivity index (χ0v) is 16.2. The Morgan fingerprint density at radius 2 is 2.11 bits per heavy atom. The summed E-state index contributed by atoms with van der Waals surface area (Å²) in [5.41, 5.74) is 3.45. The Hall–Kier alpha value is -3.64. The minimum atomic E-state index is -0.572. The maximum Gasteiger partial charge on any atom is 0.270 e. The van der Waals surface area contributed by atoms with E-state index in [1.165, 1.54) is 19.4 Å². The second-order valence-electron chi connectivity index (χ2n) is 5.53. The first-order valence-electron chi connectivity index (χ1n) is 7.99. The van der Waals surface area contributed by atoms with Crippen LogP contribution in [-0.4, -0.2) is 28.4 Å². The monoisotopic (exact) mass is 439 g/mol. The molecule has 0 bridgehead atoms. The number of rotatable bonds is 5. The van der Waals surface area contributed by atoms with Crippen molar-refractivity contribution in [3.8, 4) is 28.8 Å². The first-order valence-corrected chi connectivity index (χ1v) is 8.78. The van der Waals surface area contributed by atoms with Crippen LogP contribution in [0.25, 0.3) is 11.3 Å². The van der Waals surface area contributed by atoms with Gasteiger partial charge in [0.05, 0.1) is 19.0 Å². The van der Waals surface area contributed by atoms with Gasteiger partial charge in [-0.2, -0.15) is 10.4 Å². The Morgan fingerprint density at radius 3 is 2.79 bits per heavy atom. The van der Waals surface area contributed by atoms with E-state index in [4.69, 9.17) is 4.74 Å². The van der Waals surface area contributed by atoms with E-state index in [0.29, 0.717) is 21.3 Å². The number of aromatic nitrogens is 2. The van der Waals surface area contributed by atoms with Crippen LogP contribution in [0, 0.1) is 11.3 Å². The van der Waals surface area contributed by atoms with Gasteiger partial charge in [0.1, 0.15) is 11.6 Å². The van der Waals surface area contributed by atoms with Gasteiger partial charge in [-0.3, -0.25) is 9.78 Å². The molecule has 0 atom stereocenters. The van der Waals surface area contributed by atoms with Gasteiger partial charge >= 0.3 is 0 Å². The Morgan fingerprint density at radius 1 is 1.36 bits per heavy atom. The number of nitriles is 1. The summed E-state index contributed by atoms with van der Waals surface area (Å²) in [6.07, 6.45) is 1.43. The average Bonchev–Trinajstić information content (AvgIpc) is 2.70. The molecule has 1 heterocycles. The quantitative estimate of drug-likeness (QED) is 0.414. The van der Waals surface area contributed by atoms with Crippen LogP contribution in [0.15, 0.2) is 56.8 Å². The number of aromatic amines is 1. The standard InChI is InChI=1S/C19H14BrN5O3/c1-28-16-8-14(20)12(7-15(16)26)10-22-25-19-23-17(11-5-3-2-4-6-11)13(9-21)18(27)24-19/h2-8,10,26H,1H3,(H2,23,24,25,27). The third-order valence-corrected chi connectivity index (χ3v) is 4.44. The number of anilines is 1. The van der Waals surface area contributed by atoms with E-state index in [1.807, 2.05) is 12.1 Å². The van der Waals surface area contributed by atoms with Gasteiger partial charge in [-0.15, -0.1) is 0 Å². The fourth-order valence-electron chi connectivity index (χ4n) is 2.42. The third-order valence-electron chi connectivity index (χ3n) is 3.75. The van der Waals surface area contributed by atoms with Crippen LogP contribution in [0.5, 0.6) is 11.5 Å². The first kappa shape index (κ1) is 19.1. The summed E-state index contributed by atoms with van der Waals surface area (Å²) in [6, 6.07) is 13.9. The van der Waals surface area contributed by atoms with Gasteiger partial charge in [0, 0.05) is 15.6 Å². The van der Waals surface area contributed by atoms with Gasteiger partial charge in [-0.05, 0) is 28.1 Å². The number of phenols is 1. The number of benzene rings is 2. The molecule has 0 aliphatic carbocycles. The summed E-state index contributed by atoms with van der Waals surface area (Å²) in [5.74, 6) is 0.360. The molecule has 0 saturated carbocycles. The maximum atomic E-state index is 12.2. The largest absolute Gasteiger partial charge is 0.504 e. The van der Waals surface area contributed by atoms with Gasteiger partial charge in [-0.25, -0.2) is 10.4 Å². The lowest BCUT2D eigenvalue weighted by Gasteiger charge is -2.07. The van der Waals surface area contributed by atoms with Crippen LogP contribution < -0.4 is 15.7 Å². The number of hydrazone groups is 1. The zero-order valence-electron chi connectivity index (χ0n) is 14.6. The second kappa shape index (κ2) is 8.37. The van der Waals surface area contributed by atoms with E-state index >= 15 is 0 Å². The second-order valence-corrected chi connectivity index (χ2v) is 6.39. The Balaban J connectivity index is 1.91. The predicted octanol–water partition coefficient (Wildman–Crippen LogP) is 3.23. The molecule has 0 spiro atoms. The third kappa shape index (κ3) is 4.02. The normalized spacial score (nSPS) is 10.6. The number of aromatic hydroxyl groups is 1. The van der Waals surface area contributed by atoms with Crippen LogP contribution >= 0.6 is 15.9 Å². The molecule has 0 saturated heterocycles. The van der Waals surface area contributed by atoms with Gasteiger partial charge < -0.3 is 9.84 Å². The molecule has 9 heteroatoms. The molecule has 0 unspecified atom stereocenters. The lowest BCUT2D eigenvalue weighted by atomic mass is 10.1. The Kier molecular flexibility index (Phi) is 5.72. The lowest BCUT2D eigenvalue weighted by Crippen LogP contribution is -2.16. The molecule has 0 amide bonds. The topological polar surface area (TPSA) is 123 Å². The minimum absolute atomic E-state index is 0.0385. The van der Waals surface area contributed by atoms with Crippen LogP contribution in [0.3, 0.4) is 0 Å². The van der Waals surface area contributed by atoms with Crippen LogP contribution in [-0.2, 0) is 0 Å². The summed E-state index contributed by atoms with van der Waals surface area (Å²) in [7, 11) is 1.45. The molecule has 8 nitrogen and oxygen atoms in total. The van der Waals surface area contributed by atoms with E-state index in [0.717, 1.165) is 0 Å². The first-order chi connectivity index (χ1) is 13.5. The van der Waals surface area contributed by atoms with Crippen molar-refractivity contribution >= 4 is 28.1 Å². The molecule has 28 heavy (non-hydrogen) atoms. The van der Waals surface area contributed by atoms with Crippen molar-refractivity contribution in [2.24, 2.45) is 5.10 Å². The highest BCUT2D eigenvalue weighted by Crippen LogP contribution is 2.31. The summed E-state index contributed by atoms with van der Waals surface area (Å²) >= 11 is 3.36. The van der Waals surface area contributed by atoms with Crippen molar-refractivity contribution in [3.05, 3.63) is 68.4 Å². The van der Waals surface area contributed by atoms with Crippen LogP contribution in [0.4, 0.5) is 5.95 Å². The SMILES string of the molecule is COc1cc(Br)c(C=NNc2nc(-c3ccccc3)c(C#N)c(=O)[nH]2)cc1O. The van der Waals surface area contributed by atoms with Crippen molar-refractivity contribution in [1.29, 1.82) is 5.26 Å². The molecular weight excluding hydrogens is 426 g/mol. The molecule has 2 aromatic carbocycles. The molecule has 0 fully saturated rings. The highest BCUT2D eigenvalue weighted by atomic mass is 79.9. The molecule has 0 aliphatic rings. The fourth-order valence-corrected chi connectivity index (χ4v) is 2.84. The number of hydrogen-bond acceptors (Lipinski definition) is 7. The maximum absolute atomic E-state index is 12.2. The molecule has 3 N–H and O–H groups in total. The number of nitrogens with one attached hydrogen (secondary N) is 2. The van der Waals surface area contributed by atoms with Crippen molar-refractivity contribution in [3.63, 3.8) is 0 Å². The summed E-state index contributed by atoms with van der Waals surface area (Å²) in [4.78, 5) is 19.0. The van der Waals surface area contributed by atoms with Crippen LogP contribution in [0.2, 0.25) is 0 Å².